The summed E-state index contributed by atoms with van der Waals surface area (Å²) in [5, 5.41) is 10.6. The molecule has 0 bridgehead atoms. The Morgan fingerprint density at radius 3 is 2.29 bits per heavy atom. The van der Waals surface area contributed by atoms with Crippen LogP contribution in [0.2, 0.25) is 5.02 Å². The second-order valence-electron chi connectivity index (χ2n) is 8.95. The van der Waals surface area contributed by atoms with Crippen LogP contribution in [-0.2, 0) is 14.8 Å². The average molecular weight is 500 g/mol. The van der Waals surface area contributed by atoms with Gasteiger partial charge in [0.05, 0.1) is 11.5 Å². The van der Waals surface area contributed by atoms with E-state index in [0.717, 1.165) is 16.7 Å². The lowest BCUT2D eigenvalue weighted by molar-refractivity contribution is -0.140. The maximum absolute atomic E-state index is 13.1. The van der Waals surface area contributed by atoms with Crippen LogP contribution in [0.25, 0.3) is 11.1 Å². The Balaban J connectivity index is 1.53. The number of aliphatic carboxylic acids is 1. The monoisotopic (exact) mass is 499 g/mol. The van der Waals surface area contributed by atoms with Gasteiger partial charge in [0.25, 0.3) is 0 Å². The van der Waals surface area contributed by atoms with Gasteiger partial charge >= 0.3 is 5.97 Å². The SMILES string of the molecule is CC(C)COc1cccc([C@@H]2C[C@]2(NS(=O)(=O)c2ccc(-c3ccc(Cl)cc3)cc2)C(=O)O)c1. The quantitative estimate of drug-likeness (QED) is 0.415. The standard InChI is InChI=1S/C26H26ClNO5S/c1-17(2)16-33-22-5-3-4-20(14-22)24-15-26(24,25(29)30)28-34(31,32)23-12-8-19(9-13-23)18-6-10-21(27)11-7-18/h3-14,17,24,28H,15-16H2,1-2H3,(H,29,30)/t24-,26+/m0/s1. The summed E-state index contributed by atoms with van der Waals surface area (Å²) in [7, 11) is -4.06. The molecule has 1 aliphatic rings. The number of halogens is 1. The molecular formula is C26H26ClNO5S. The zero-order valence-electron chi connectivity index (χ0n) is 18.9. The molecule has 0 unspecified atom stereocenters. The molecule has 34 heavy (non-hydrogen) atoms. The van der Waals surface area contributed by atoms with Crippen molar-refractivity contribution in [3.05, 3.63) is 83.4 Å². The van der Waals surface area contributed by atoms with Gasteiger partial charge in [0.15, 0.2) is 0 Å². The van der Waals surface area contributed by atoms with E-state index in [-0.39, 0.29) is 11.3 Å². The molecule has 0 amide bonds. The molecule has 178 valence electrons. The highest BCUT2D eigenvalue weighted by molar-refractivity contribution is 7.89. The Morgan fingerprint density at radius 1 is 1.09 bits per heavy atom. The van der Waals surface area contributed by atoms with Crippen LogP contribution in [-0.4, -0.2) is 31.6 Å². The summed E-state index contributed by atoms with van der Waals surface area (Å²) in [4.78, 5) is 12.2. The summed E-state index contributed by atoms with van der Waals surface area (Å²) in [6.07, 6.45) is 0.165. The minimum Gasteiger partial charge on any atom is -0.493 e. The third kappa shape index (κ3) is 5.12. The van der Waals surface area contributed by atoms with Crippen molar-refractivity contribution in [1.82, 2.24) is 4.72 Å². The summed E-state index contributed by atoms with van der Waals surface area (Å²) in [5.41, 5.74) is 0.852. The fourth-order valence-electron chi connectivity index (χ4n) is 3.91. The van der Waals surface area contributed by atoms with Crippen LogP contribution in [0.3, 0.4) is 0 Å². The number of ether oxygens (including phenoxy) is 1. The van der Waals surface area contributed by atoms with Crippen molar-refractivity contribution in [2.45, 2.75) is 36.6 Å². The summed E-state index contributed by atoms with van der Waals surface area (Å²) < 4.78 is 34.4. The molecule has 2 atom stereocenters. The number of hydrogen-bond donors (Lipinski definition) is 2. The van der Waals surface area contributed by atoms with Crippen LogP contribution >= 0.6 is 11.6 Å². The van der Waals surface area contributed by atoms with Gasteiger partial charge < -0.3 is 9.84 Å². The lowest BCUT2D eigenvalue weighted by Gasteiger charge is -2.16. The Morgan fingerprint density at radius 2 is 1.71 bits per heavy atom. The smallest absolute Gasteiger partial charge is 0.325 e. The van der Waals surface area contributed by atoms with E-state index in [1.165, 1.54) is 12.1 Å². The zero-order valence-corrected chi connectivity index (χ0v) is 20.4. The van der Waals surface area contributed by atoms with E-state index < -0.39 is 27.4 Å². The first-order valence-corrected chi connectivity index (χ1v) is 12.8. The van der Waals surface area contributed by atoms with E-state index in [0.29, 0.717) is 23.3 Å². The van der Waals surface area contributed by atoms with Crippen LogP contribution < -0.4 is 9.46 Å². The molecular weight excluding hydrogens is 474 g/mol. The number of carboxylic acids is 1. The molecule has 0 aliphatic heterocycles. The van der Waals surface area contributed by atoms with Crippen LogP contribution in [0, 0.1) is 5.92 Å². The van der Waals surface area contributed by atoms with Gasteiger partial charge in [0, 0.05) is 10.9 Å². The van der Waals surface area contributed by atoms with Crippen LogP contribution in [0.15, 0.2) is 77.7 Å². The van der Waals surface area contributed by atoms with Crippen molar-refractivity contribution in [2.24, 2.45) is 5.92 Å². The van der Waals surface area contributed by atoms with Crippen LogP contribution in [0.5, 0.6) is 5.75 Å². The molecule has 6 nitrogen and oxygen atoms in total. The van der Waals surface area contributed by atoms with E-state index in [4.69, 9.17) is 16.3 Å². The molecule has 4 rings (SSSR count). The van der Waals surface area contributed by atoms with Crippen molar-refractivity contribution in [3.63, 3.8) is 0 Å². The predicted molar refractivity (Wildman–Crippen MR) is 132 cm³/mol. The first kappa shape index (κ1) is 24.3. The van der Waals surface area contributed by atoms with Crippen molar-refractivity contribution in [2.75, 3.05) is 6.61 Å². The molecule has 0 radical (unpaired) electrons. The average Bonchev–Trinajstić information content (AvgIpc) is 3.53. The molecule has 1 aliphatic carbocycles. The number of carboxylic acid groups (broad SMARTS) is 1. The summed E-state index contributed by atoms with van der Waals surface area (Å²) >= 11 is 5.93. The number of nitrogens with one attached hydrogen (secondary N) is 1. The highest BCUT2D eigenvalue weighted by Gasteiger charge is 2.63. The molecule has 3 aromatic carbocycles. The Hall–Kier alpha value is -2.87. The van der Waals surface area contributed by atoms with Gasteiger partial charge in [0.2, 0.25) is 10.0 Å². The van der Waals surface area contributed by atoms with Gasteiger partial charge in [0.1, 0.15) is 11.3 Å². The fourth-order valence-corrected chi connectivity index (χ4v) is 5.44. The minimum atomic E-state index is -4.06. The molecule has 1 saturated carbocycles. The van der Waals surface area contributed by atoms with Gasteiger partial charge in [-0.05, 0) is 65.4 Å². The third-order valence-corrected chi connectivity index (χ3v) is 7.62. The molecule has 8 heteroatoms. The second-order valence-corrected chi connectivity index (χ2v) is 11.1. The predicted octanol–water partition coefficient (Wildman–Crippen LogP) is 5.33. The zero-order chi connectivity index (χ0) is 24.5. The van der Waals surface area contributed by atoms with Gasteiger partial charge in [-0.25, -0.2) is 8.42 Å². The minimum absolute atomic E-state index is 0.00510. The number of rotatable bonds is 9. The number of sulfonamides is 1. The van der Waals surface area contributed by atoms with Crippen molar-refractivity contribution < 1.29 is 23.1 Å². The third-order valence-electron chi connectivity index (χ3n) is 5.84. The number of benzene rings is 3. The van der Waals surface area contributed by atoms with Crippen LogP contribution in [0.4, 0.5) is 0 Å². The van der Waals surface area contributed by atoms with Crippen molar-refractivity contribution in [1.29, 1.82) is 0 Å². The van der Waals surface area contributed by atoms with E-state index >= 15 is 0 Å². The highest BCUT2D eigenvalue weighted by Crippen LogP contribution is 2.53. The lowest BCUT2D eigenvalue weighted by Crippen LogP contribution is -2.44. The summed E-state index contributed by atoms with van der Waals surface area (Å²) in [6, 6.07) is 20.7. The van der Waals surface area contributed by atoms with Crippen molar-refractivity contribution in [3.8, 4) is 16.9 Å². The maximum atomic E-state index is 13.1. The number of carbonyl (C=O) groups is 1. The van der Waals surface area contributed by atoms with Crippen molar-refractivity contribution >= 4 is 27.6 Å². The van der Waals surface area contributed by atoms with E-state index in [9.17, 15) is 18.3 Å². The van der Waals surface area contributed by atoms with E-state index in [1.807, 2.05) is 32.0 Å². The largest absolute Gasteiger partial charge is 0.493 e. The topological polar surface area (TPSA) is 92.7 Å². The summed E-state index contributed by atoms with van der Waals surface area (Å²) in [6.45, 7) is 4.62. The molecule has 0 aromatic heterocycles. The highest BCUT2D eigenvalue weighted by atomic mass is 35.5. The maximum Gasteiger partial charge on any atom is 0.325 e. The van der Waals surface area contributed by atoms with Gasteiger partial charge in [-0.2, -0.15) is 4.72 Å². The van der Waals surface area contributed by atoms with Gasteiger partial charge in [-0.1, -0.05) is 61.8 Å². The summed E-state index contributed by atoms with van der Waals surface area (Å²) in [5.74, 6) is -0.707. The molecule has 0 spiro atoms. The van der Waals surface area contributed by atoms with E-state index in [2.05, 4.69) is 4.72 Å². The molecule has 3 aromatic rings. The lowest BCUT2D eigenvalue weighted by atomic mass is 10.1. The molecule has 0 heterocycles. The molecule has 1 fully saturated rings. The molecule has 0 saturated heterocycles. The van der Waals surface area contributed by atoms with Crippen LogP contribution in [0.1, 0.15) is 31.7 Å². The van der Waals surface area contributed by atoms with E-state index in [1.54, 1.807) is 42.5 Å². The molecule has 2 N–H and O–H groups in total. The Labute approximate surface area is 204 Å². The first-order valence-electron chi connectivity index (χ1n) is 11.0. The number of hydrogen-bond acceptors (Lipinski definition) is 4. The van der Waals surface area contributed by atoms with Gasteiger partial charge in [-0.3, -0.25) is 4.79 Å². The Bertz CT molecular complexity index is 1290. The second kappa shape index (κ2) is 9.41. The normalized spacial score (nSPS) is 19.7. The fraction of sp³-hybridized carbons (Fsp3) is 0.269. The Kier molecular flexibility index (Phi) is 6.71. The first-order chi connectivity index (χ1) is 16.1. The van der Waals surface area contributed by atoms with Gasteiger partial charge in [-0.15, -0.1) is 0 Å².